The van der Waals surface area contributed by atoms with Crippen LogP contribution in [-0.4, -0.2) is 17.7 Å². The monoisotopic (exact) mass is 171 g/mol. The van der Waals surface area contributed by atoms with Crippen LogP contribution in [0.15, 0.2) is 0 Å². The largest absolute Gasteiger partial charge is 0.369 e. The maximum absolute atomic E-state index is 5.95. The fourth-order valence-corrected chi connectivity index (χ4v) is 2.33. The van der Waals surface area contributed by atoms with E-state index in [0.717, 1.165) is 19.4 Å². The lowest BCUT2D eigenvalue weighted by Gasteiger charge is -2.27. The van der Waals surface area contributed by atoms with Gasteiger partial charge in [0.25, 0.3) is 0 Å². The van der Waals surface area contributed by atoms with E-state index in [2.05, 4.69) is 27.7 Å². The molecule has 0 bridgehead atoms. The van der Waals surface area contributed by atoms with Gasteiger partial charge in [0.15, 0.2) is 0 Å². The van der Waals surface area contributed by atoms with E-state index in [4.69, 9.17) is 10.5 Å². The average Bonchev–Trinajstić information content (AvgIpc) is 2.01. The Kier molecular flexibility index (Phi) is 2.50. The van der Waals surface area contributed by atoms with Crippen molar-refractivity contribution in [2.24, 2.45) is 11.7 Å². The molecule has 2 N–H and O–H groups in total. The van der Waals surface area contributed by atoms with Crippen LogP contribution in [0.5, 0.6) is 0 Å². The summed E-state index contributed by atoms with van der Waals surface area (Å²) in [6.07, 6.45) is 2.22. The summed E-state index contributed by atoms with van der Waals surface area (Å²) in [5, 5.41) is 0. The SMILES string of the molecule is CC1(C)CC(CCN)C(C)(C)O1. The molecule has 0 aromatic heterocycles. The number of ether oxygens (including phenoxy) is 1. The number of hydrogen-bond acceptors (Lipinski definition) is 2. The standard InChI is InChI=1S/C10H21NO/c1-9(2)7-8(5-6-11)10(3,4)12-9/h8H,5-7,11H2,1-4H3. The van der Waals surface area contributed by atoms with Crippen LogP contribution in [0.4, 0.5) is 0 Å². The zero-order chi connectivity index (χ0) is 9.41. The van der Waals surface area contributed by atoms with Crippen molar-refractivity contribution in [2.45, 2.75) is 51.7 Å². The van der Waals surface area contributed by atoms with E-state index in [1.807, 2.05) is 0 Å². The second kappa shape index (κ2) is 3.00. The first kappa shape index (κ1) is 10.0. The zero-order valence-corrected chi connectivity index (χ0v) is 8.68. The molecule has 1 fully saturated rings. The summed E-state index contributed by atoms with van der Waals surface area (Å²) in [5.74, 6) is 0.623. The fraction of sp³-hybridized carbons (Fsp3) is 1.00. The highest BCUT2D eigenvalue weighted by molar-refractivity contribution is 4.94. The van der Waals surface area contributed by atoms with Gasteiger partial charge in [-0.3, -0.25) is 0 Å². The molecule has 2 heteroatoms. The molecule has 1 saturated heterocycles. The quantitative estimate of drug-likeness (QED) is 0.689. The lowest BCUT2D eigenvalue weighted by atomic mass is 9.85. The molecule has 0 amide bonds. The zero-order valence-electron chi connectivity index (χ0n) is 8.68. The van der Waals surface area contributed by atoms with Gasteiger partial charge in [-0.2, -0.15) is 0 Å². The molecule has 0 aliphatic carbocycles. The molecule has 1 unspecified atom stereocenters. The lowest BCUT2D eigenvalue weighted by molar-refractivity contribution is -0.0749. The first-order chi connectivity index (χ1) is 5.37. The van der Waals surface area contributed by atoms with Crippen LogP contribution in [0.3, 0.4) is 0 Å². The molecule has 0 radical (unpaired) electrons. The second-order valence-corrected chi connectivity index (χ2v) is 4.94. The molecule has 1 aliphatic heterocycles. The van der Waals surface area contributed by atoms with Crippen LogP contribution < -0.4 is 5.73 Å². The predicted molar refractivity (Wildman–Crippen MR) is 51.0 cm³/mol. The molecule has 0 aromatic rings. The molecule has 0 saturated carbocycles. The molecular weight excluding hydrogens is 150 g/mol. The van der Waals surface area contributed by atoms with E-state index in [1.54, 1.807) is 0 Å². The number of rotatable bonds is 2. The van der Waals surface area contributed by atoms with Gasteiger partial charge >= 0.3 is 0 Å². The Labute approximate surface area is 75.5 Å². The van der Waals surface area contributed by atoms with Crippen LogP contribution in [0.25, 0.3) is 0 Å². The number of hydrogen-bond donors (Lipinski definition) is 1. The van der Waals surface area contributed by atoms with Crippen molar-refractivity contribution in [1.82, 2.24) is 0 Å². The summed E-state index contributed by atoms with van der Waals surface area (Å²) in [6, 6.07) is 0. The Bertz CT molecular complexity index is 163. The van der Waals surface area contributed by atoms with E-state index in [0.29, 0.717) is 5.92 Å². The van der Waals surface area contributed by atoms with Gasteiger partial charge in [0.1, 0.15) is 0 Å². The van der Waals surface area contributed by atoms with E-state index in [-0.39, 0.29) is 11.2 Å². The van der Waals surface area contributed by atoms with Crippen molar-refractivity contribution in [3.05, 3.63) is 0 Å². The highest BCUT2D eigenvalue weighted by Crippen LogP contribution is 2.43. The molecule has 0 aromatic carbocycles. The summed E-state index contributed by atoms with van der Waals surface area (Å²) in [7, 11) is 0. The van der Waals surface area contributed by atoms with Gasteiger partial charge in [-0.15, -0.1) is 0 Å². The second-order valence-electron chi connectivity index (χ2n) is 4.94. The van der Waals surface area contributed by atoms with Crippen molar-refractivity contribution in [2.75, 3.05) is 6.54 Å². The highest BCUT2D eigenvalue weighted by Gasteiger charge is 2.44. The first-order valence-corrected chi connectivity index (χ1v) is 4.78. The van der Waals surface area contributed by atoms with Gasteiger partial charge in [-0.1, -0.05) is 0 Å². The average molecular weight is 171 g/mol. The van der Waals surface area contributed by atoms with Crippen LogP contribution in [0.1, 0.15) is 40.5 Å². The summed E-state index contributed by atoms with van der Waals surface area (Å²) < 4.78 is 5.95. The maximum atomic E-state index is 5.95. The molecule has 1 atom stereocenters. The smallest absolute Gasteiger partial charge is 0.0663 e. The Morgan fingerprint density at radius 3 is 2.25 bits per heavy atom. The summed E-state index contributed by atoms with van der Waals surface area (Å²) in [6.45, 7) is 9.42. The molecule has 1 rings (SSSR count). The minimum atomic E-state index is 0.0167. The van der Waals surface area contributed by atoms with Crippen molar-refractivity contribution in [3.8, 4) is 0 Å². The van der Waals surface area contributed by atoms with Crippen molar-refractivity contribution < 1.29 is 4.74 Å². The topological polar surface area (TPSA) is 35.2 Å². The third-order valence-electron chi connectivity index (χ3n) is 2.78. The van der Waals surface area contributed by atoms with E-state index >= 15 is 0 Å². The van der Waals surface area contributed by atoms with Crippen molar-refractivity contribution in [1.29, 1.82) is 0 Å². The Morgan fingerprint density at radius 2 is 1.92 bits per heavy atom. The molecular formula is C10H21NO. The first-order valence-electron chi connectivity index (χ1n) is 4.78. The third-order valence-corrected chi connectivity index (χ3v) is 2.78. The minimum absolute atomic E-state index is 0.0167. The molecule has 0 spiro atoms. The van der Waals surface area contributed by atoms with Gasteiger partial charge in [-0.05, 0) is 53.0 Å². The van der Waals surface area contributed by atoms with Crippen LogP contribution in [0, 0.1) is 5.92 Å². The molecule has 72 valence electrons. The fourth-order valence-electron chi connectivity index (χ4n) is 2.33. The Morgan fingerprint density at radius 1 is 1.33 bits per heavy atom. The van der Waals surface area contributed by atoms with Gasteiger partial charge in [-0.25, -0.2) is 0 Å². The highest BCUT2D eigenvalue weighted by atomic mass is 16.5. The third kappa shape index (κ3) is 1.99. The lowest BCUT2D eigenvalue weighted by Crippen LogP contribution is -2.30. The normalized spacial score (nSPS) is 32.2. The maximum Gasteiger partial charge on any atom is 0.0663 e. The molecule has 1 heterocycles. The van der Waals surface area contributed by atoms with Crippen LogP contribution in [0.2, 0.25) is 0 Å². The van der Waals surface area contributed by atoms with E-state index in [9.17, 15) is 0 Å². The van der Waals surface area contributed by atoms with Crippen LogP contribution >= 0.6 is 0 Å². The summed E-state index contributed by atoms with van der Waals surface area (Å²) >= 11 is 0. The Hall–Kier alpha value is -0.0800. The molecule has 12 heavy (non-hydrogen) atoms. The van der Waals surface area contributed by atoms with E-state index < -0.39 is 0 Å². The van der Waals surface area contributed by atoms with Gasteiger partial charge in [0.2, 0.25) is 0 Å². The molecule has 1 aliphatic rings. The van der Waals surface area contributed by atoms with Gasteiger partial charge in [0.05, 0.1) is 11.2 Å². The minimum Gasteiger partial charge on any atom is -0.369 e. The molecule has 2 nitrogen and oxygen atoms in total. The number of nitrogens with two attached hydrogens (primary N) is 1. The van der Waals surface area contributed by atoms with Crippen LogP contribution in [-0.2, 0) is 4.74 Å². The van der Waals surface area contributed by atoms with Gasteiger partial charge < -0.3 is 10.5 Å². The summed E-state index contributed by atoms with van der Waals surface area (Å²) in [5.41, 5.74) is 5.62. The van der Waals surface area contributed by atoms with E-state index in [1.165, 1.54) is 0 Å². The van der Waals surface area contributed by atoms with Crippen molar-refractivity contribution in [3.63, 3.8) is 0 Å². The Balaban J connectivity index is 2.64. The predicted octanol–water partition coefficient (Wildman–Crippen LogP) is 1.93. The van der Waals surface area contributed by atoms with Crippen molar-refractivity contribution >= 4 is 0 Å². The summed E-state index contributed by atoms with van der Waals surface area (Å²) in [4.78, 5) is 0. The van der Waals surface area contributed by atoms with Gasteiger partial charge in [0, 0.05) is 0 Å².